The zero-order chi connectivity index (χ0) is 22.1. The van der Waals surface area contributed by atoms with E-state index in [1.807, 2.05) is 25.1 Å². The van der Waals surface area contributed by atoms with E-state index in [1.165, 1.54) is 12.1 Å². The molecule has 2 saturated heterocycles. The fourth-order valence-electron chi connectivity index (χ4n) is 4.50. The first kappa shape index (κ1) is 20.8. The number of aromatic nitrogens is 2. The average molecular weight is 435 g/mol. The van der Waals surface area contributed by atoms with Crippen molar-refractivity contribution in [2.75, 3.05) is 31.6 Å². The Balaban J connectivity index is 1.32. The molecule has 0 amide bonds. The predicted octanol–water partition coefficient (Wildman–Crippen LogP) is 4.24. The molecule has 0 saturated carbocycles. The van der Waals surface area contributed by atoms with Gasteiger partial charge in [0.2, 0.25) is 0 Å². The molecule has 0 spiro atoms. The topological polar surface area (TPSA) is 70.5 Å². The second-order valence-corrected chi connectivity index (χ2v) is 8.67. The van der Waals surface area contributed by atoms with E-state index < -0.39 is 0 Å². The number of benzene rings is 2. The first-order valence-electron chi connectivity index (χ1n) is 11.1. The fraction of sp³-hybridized carbons (Fsp3) is 0.360. The third-order valence-corrected chi connectivity index (χ3v) is 6.34. The van der Waals surface area contributed by atoms with Crippen LogP contribution in [0.15, 0.2) is 48.5 Å². The molecule has 166 valence electrons. The molecule has 2 N–H and O–H groups in total. The molecule has 0 bridgehead atoms. The summed E-state index contributed by atoms with van der Waals surface area (Å²) in [6, 6.07) is 14.5. The van der Waals surface area contributed by atoms with E-state index in [0.717, 1.165) is 56.1 Å². The summed E-state index contributed by atoms with van der Waals surface area (Å²) in [4.78, 5) is 2.50. The van der Waals surface area contributed by atoms with Crippen LogP contribution >= 0.6 is 0 Å². The molecular weight excluding hydrogens is 407 g/mol. The Labute approximate surface area is 187 Å². The molecule has 0 radical (unpaired) electrons. The first-order chi connectivity index (χ1) is 15.6. The van der Waals surface area contributed by atoms with Crippen LogP contribution in [0.2, 0.25) is 0 Å². The number of likely N-dealkylation sites (tertiary alicyclic amines) is 1. The minimum atomic E-state index is -0.307. The highest BCUT2D eigenvalue weighted by molar-refractivity contribution is 5.75. The Morgan fingerprint density at radius 1 is 1.09 bits per heavy atom. The molecule has 7 heteroatoms. The third kappa shape index (κ3) is 4.31. The minimum absolute atomic E-state index is 0.0931. The van der Waals surface area contributed by atoms with Gasteiger partial charge in [0.15, 0.2) is 0 Å². The molecule has 2 fully saturated rings. The molecule has 1 atom stereocenters. The zero-order valence-electron chi connectivity index (χ0n) is 18.1. The second-order valence-electron chi connectivity index (χ2n) is 8.67. The van der Waals surface area contributed by atoms with Crippen LogP contribution in [0.5, 0.6) is 5.75 Å². The van der Waals surface area contributed by atoms with Gasteiger partial charge in [-0.1, -0.05) is 18.2 Å². The van der Waals surface area contributed by atoms with E-state index in [-0.39, 0.29) is 11.6 Å². The van der Waals surface area contributed by atoms with Crippen LogP contribution in [-0.2, 0) is 4.74 Å². The maximum Gasteiger partial charge on any atom is 0.149 e. The molecule has 32 heavy (non-hydrogen) atoms. The molecule has 2 aliphatic heterocycles. The molecule has 3 aromatic rings. The van der Waals surface area contributed by atoms with Gasteiger partial charge in [0.05, 0.1) is 24.9 Å². The monoisotopic (exact) mass is 434 g/mol. The van der Waals surface area contributed by atoms with Gasteiger partial charge in [0.1, 0.15) is 17.4 Å². The number of halogens is 1. The second kappa shape index (κ2) is 8.84. The molecule has 5 rings (SSSR count). The Morgan fingerprint density at radius 3 is 2.66 bits per heavy atom. The van der Waals surface area contributed by atoms with Crippen LogP contribution in [0.3, 0.4) is 0 Å². The smallest absolute Gasteiger partial charge is 0.149 e. The summed E-state index contributed by atoms with van der Waals surface area (Å²) in [6.07, 6.45) is 2.26. The van der Waals surface area contributed by atoms with Gasteiger partial charge < -0.3 is 15.2 Å². The van der Waals surface area contributed by atoms with Crippen molar-refractivity contribution < 1.29 is 14.2 Å². The third-order valence-electron chi connectivity index (χ3n) is 6.34. The number of phenols is 1. The summed E-state index contributed by atoms with van der Waals surface area (Å²) >= 11 is 0. The van der Waals surface area contributed by atoms with E-state index in [4.69, 9.17) is 4.74 Å². The molecule has 6 nitrogen and oxygen atoms in total. The number of rotatable bonds is 5. The number of nitrogens with zero attached hydrogens (tertiary/aromatic N) is 3. The number of ether oxygens (including phenoxy) is 1. The molecule has 0 aliphatic carbocycles. The van der Waals surface area contributed by atoms with Gasteiger partial charge in [0.25, 0.3) is 0 Å². The average Bonchev–Trinajstić information content (AvgIpc) is 2.73. The molecule has 2 aliphatic rings. The van der Waals surface area contributed by atoms with Crippen molar-refractivity contribution in [3.63, 3.8) is 0 Å². The van der Waals surface area contributed by atoms with Crippen molar-refractivity contribution in [3.8, 4) is 28.1 Å². The van der Waals surface area contributed by atoms with Gasteiger partial charge >= 0.3 is 0 Å². The predicted molar refractivity (Wildman–Crippen MR) is 122 cm³/mol. The number of nitrogens with one attached hydrogen (secondary N) is 1. The van der Waals surface area contributed by atoms with Crippen molar-refractivity contribution in [3.05, 3.63) is 59.9 Å². The highest BCUT2D eigenvalue weighted by atomic mass is 19.1. The Kier molecular flexibility index (Phi) is 5.76. The van der Waals surface area contributed by atoms with E-state index >= 15 is 0 Å². The molecule has 1 aromatic heterocycles. The van der Waals surface area contributed by atoms with E-state index in [0.29, 0.717) is 28.9 Å². The van der Waals surface area contributed by atoms with Crippen molar-refractivity contribution in [1.29, 1.82) is 0 Å². The van der Waals surface area contributed by atoms with Gasteiger partial charge in [-0.05, 0) is 73.3 Å². The van der Waals surface area contributed by atoms with Crippen molar-refractivity contribution in [1.82, 2.24) is 15.1 Å². The highest BCUT2D eigenvalue weighted by Gasteiger charge is 2.30. The normalized spacial score (nSPS) is 19.5. The van der Waals surface area contributed by atoms with Gasteiger partial charge in [-0.2, -0.15) is 0 Å². The first-order valence-corrected chi connectivity index (χ1v) is 11.1. The molecule has 2 aromatic carbocycles. The number of hydrogen-bond acceptors (Lipinski definition) is 6. The van der Waals surface area contributed by atoms with Crippen LogP contribution in [-0.4, -0.2) is 58.6 Å². The van der Waals surface area contributed by atoms with E-state index in [9.17, 15) is 9.50 Å². The van der Waals surface area contributed by atoms with Crippen LogP contribution in [0.25, 0.3) is 22.4 Å². The van der Waals surface area contributed by atoms with E-state index in [2.05, 4.69) is 20.4 Å². The van der Waals surface area contributed by atoms with Crippen LogP contribution < -0.4 is 5.32 Å². The number of hydrogen-bond donors (Lipinski definition) is 2. The summed E-state index contributed by atoms with van der Waals surface area (Å²) < 4.78 is 18.9. The quantitative estimate of drug-likeness (QED) is 0.626. The standard InChI is InChI=1S/C25H27FN4O2/c1-16-10-24(27-20-6-3-9-30(13-20)21-14-32-15-21)28-29-25(16)22-8-7-18(12-23(22)31)17-4-2-5-19(26)11-17/h2,4-5,7-8,10-12,20-21,31H,3,6,9,13-15H2,1H3,(H,27,28). The summed E-state index contributed by atoms with van der Waals surface area (Å²) in [5, 5.41) is 23.0. The lowest BCUT2D eigenvalue weighted by atomic mass is 10.00. The van der Waals surface area contributed by atoms with Crippen molar-refractivity contribution in [2.45, 2.75) is 31.8 Å². The van der Waals surface area contributed by atoms with Crippen LogP contribution in [0.4, 0.5) is 10.2 Å². The van der Waals surface area contributed by atoms with Gasteiger partial charge in [-0.25, -0.2) is 4.39 Å². The van der Waals surface area contributed by atoms with Crippen molar-refractivity contribution >= 4 is 5.82 Å². The number of aromatic hydroxyl groups is 1. The minimum Gasteiger partial charge on any atom is -0.507 e. The fourth-order valence-corrected chi connectivity index (χ4v) is 4.50. The number of piperidine rings is 1. The summed E-state index contributed by atoms with van der Waals surface area (Å²) in [6.45, 7) is 5.75. The number of phenolic OH excluding ortho intramolecular Hbond substituents is 1. The Bertz CT molecular complexity index is 1120. The Hall–Kier alpha value is -3.03. The van der Waals surface area contributed by atoms with Crippen molar-refractivity contribution in [2.24, 2.45) is 0 Å². The lowest BCUT2D eigenvalue weighted by Gasteiger charge is -2.42. The maximum absolute atomic E-state index is 13.5. The SMILES string of the molecule is Cc1cc(NC2CCCN(C3COC3)C2)nnc1-c1ccc(-c2cccc(F)c2)cc1O. The molecular formula is C25H27FN4O2. The largest absolute Gasteiger partial charge is 0.507 e. The highest BCUT2D eigenvalue weighted by Crippen LogP contribution is 2.34. The summed E-state index contributed by atoms with van der Waals surface area (Å²) in [5.41, 5.74) is 3.63. The van der Waals surface area contributed by atoms with Crippen LogP contribution in [0.1, 0.15) is 18.4 Å². The van der Waals surface area contributed by atoms with Gasteiger partial charge in [-0.15, -0.1) is 10.2 Å². The zero-order valence-corrected chi connectivity index (χ0v) is 18.1. The van der Waals surface area contributed by atoms with Crippen LogP contribution in [0, 0.1) is 12.7 Å². The molecule has 3 heterocycles. The number of anilines is 1. The lowest BCUT2D eigenvalue weighted by molar-refractivity contribution is -0.0710. The van der Waals surface area contributed by atoms with Gasteiger partial charge in [-0.3, -0.25) is 4.90 Å². The molecule has 1 unspecified atom stereocenters. The maximum atomic E-state index is 13.5. The van der Waals surface area contributed by atoms with E-state index in [1.54, 1.807) is 18.2 Å². The van der Waals surface area contributed by atoms with Gasteiger partial charge in [0, 0.05) is 18.2 Å². The lowest BCUT2D eigenvalue weighted by Crippen LogP contribution is -2.54. The summed E-state index contributed by atoms with van der Waals surface area (Å²) in [5.74, 6) is 0.535. The summed E-state index contributed by atoms with van der Waals surface area (Å²) in [7, 11) is 0. The Morgan fingerprint density at radius 2 is 1.94 bits per heavy atom. The number of aryl methyl sites for hydroxylation is 1.